The van der Waals surface area contributed by atoms with Crippen LogP contribution in [0.3, 0.4) is 0 Å². The zero-order valence-electron chi connectivity index (χ0n) is 15.9. The van der Waals surface area contributed by atoms with Crippen LogP contribution in [0.5, 0.6) is 0 Å². The van der Waals surface area contributed by atoms with E-state index in [1.54, 1.807) is 36.4 Å². The summed E-state index contributed by atoms with van der Waals surface area (Å²) in [6.45, 7) is 2.17. The molecule has 148 valence electrons. The summed E-state index contributed by atoms with van der Waals surface area (Å²) in [5.41, 5.74) is 1.51. The molecule has 1 spiro atoms. The number of rotatable bonds is 3. The van der Waals surface area contributed by atoms with Gasteiger partial charge in [0, 0.05) is 17.0 Å². The number of halogens is 1. The number of hydrogen-bond donors (Lipinski definition) is 0. The van der Waals surface area contributed by atoms with Gasteiger partial charge in [0.25, 0.3) is 10.0 Å². The summed E-state index contributed by atoms with van der Waals surface area (Å²) < 4.78 is 27.7. The first kappa shape index (κ1) is 19.5. The van der Waals surface area contributed by atoms with Gasteiger partial charge in [0.2, 0.25) is 5.91 Å². The third kappa shape index (κ3) is 3.25. The van der Waals surface area contributed by atoms with E-state index in [-0.39, 0.29) is 22.8 Å². The molecule has 28 heavy (non-hydrogen) atoms. The molecule has 0 aromatic heterocycles. The van der Waals surface area contributed by atoms with E-state index in [1.165, 1.54) is 0 Å². The van der Waals surface area contributed by atoms with Crippen molar-refractivity contribution in [3.8, 4) is 0 Å². The van der Waals surface area contributed by atoms with Crippen molar-refractivity contribution in [1.82, 2.24) is 4.31 Å². The maximum atomic E-state index is 13.5. The number of benzene rings is 2. The summed E-state index contributed by atoms with van der Waals surface area (Å²) in [4.78, 5) is 13.6. The van der Waals surface area contributed by atoms with E-state index in [0.717, 1.165) is 47.5 Å². The van der Waals surface area contributed by atoms with Gasteiger partial charge in [-0.15, -0.1) is 0 Å². The molecular weight excluding hydrogens is 394 g/mol. The Bertz CT molecular complexity index is 977. The lowest BCUT2D eigenvalue weighted by molar-refractivity contribution is -0.125. The normalized spacial score (nSPS) is 22.0. The summed E-state index contributed by atoms with van der Waals surface area (Å²) in [5, 5.41) is 0.607. The summed E-state index contributed by atoms with van der Waals surface area (Å²) in [5.74, 6) is -0.755. The largest absolute Gasteiger partial charge is 0.273 e. The van der Waals surface area contributed by atoms with Crippen molar-refractivity contribution >= 4 is 27.5 Å². The van der Waals surface area contributed by atoms with Crippen molar-refractivity contribution in [2.45, 2.75) is 49.8 Å². The minimum Gasteiger partial charge on any atom is -0.273 e. The third-order valence-electron chi connectivity index (χ3n) is 6.23. The number of hydrogen-bond acceptors (Lipinski definition) is 3. The molecule has 6 heteroatoms. The van der Waals surface area contributed by atoms with Crippen molar-refractivity contribution < 1.29 is 13.2 Å². The maximum Gasteiger partial charge on any atom is 0.266 e. The molecule has 0 N–H and O–H groups in total. The monoisotopic (exact) mass is 417 g/mol. The van der Waals surface area contributed by atoms with Crippen LogP contribution in [0.2, 0.25) is 5.02 Å². The number of nitrogens with zero attached hydrogens (tertiary/aromatic N) is 1. The van der Waals surface area contributed by atoms with Crippen LogP contribution in [0, 0.1) is 12.3 Å². The van der Waals surface area contributed by atoms with Gasteiger partial charge in [-0.05, 0) is 49.6 Å². The highest BCUT2D eigenvalue weighted by molar-refractivity contribution is 7.89. The lowest BCUT2D eigenvalue weighted by Gasteiger charge is -2.37. The smallest absolute Gasteiger partial charge is 0.266 e. The van der Waals surface area contributed by atoms with Crippen LogP contribution < -0.4 is 0 Å². The molecule has 0 radical (unpaired) electrons. The number of carbonyl (C=O) groups excluding carboxylic acids is 1. The highest BCUT2D eigenvalue weighted by atomic mass is 35.5. The first-order valence-corrected chi connectivity index (χ1v) is 11.5. The molecule has 0 unspecified atom stereocenters. The van der Waals surface area contributed by atoms with E-state index in [0.29, 0.717) is 5.02 Å². The molecule has 1 aliphatic carbocycles. The molecule has 1 aliphatic heterocycles. The molecule has 4 nitrogen and oxygen atoms in total. The molecule has 1 amide bonds. The summed E-state index contributed by atoms with van der Waals surface area (Å²) >= 11 is 6.03. The van der Waals surface area contributed by atoms with E-state index in [1.807, 2.05) is 19.1 Å². The summed E-state index contributed by atoms with van der Waals surface area (Å²) in [7, 11) is -3.87. The van der Waals surface area contributed by atoms with Crippen LogP contribution in [0.4, 0.5) is 0 Å². The zero-order chi connectivity index (χ0) is 19.9. The van der Waals surface area contributed by atoms with Crippen LogP contribution in [-0.2, 0) is 14.8 Å². The van der Waals surface area contributed by atoms with Gasteiger partial charge in [-0.3, -0.25) is 4.79 Å². The molecule has 2 aliphatic rings. The van der Waals surface area contributed by atoms with E-state index in [9.17, 15) is 13.2 Å². The van der Waals surface area contributed by atoms with Gasteiger partial charge in [0.1, 0.15) is 0 Å². The topological polar surface area (TPSA) is 54.5 Å². The lowest BCUT2D eigenvalue weighted by atomic mass is 9.65. The van der Waals surface area contributed by atoms with Gasteiger partial charge in [-0.25, -0.2) is 12.7 Å². The average Bonchev–Trinajstić information content (AvgIpc) is 2.96. The minimum atomic E-state index is -3.87. The molecule has 1 saturated carbocycles. The average molecular weight is 418 g/mol. The SMILES string of the molecule is Cc1ccc(S(=O)(=O)N2CC3(CCCCC3)[C@H](c3ccc(Cl)cc3)C2=O)cc1. The van der Waals surface area contributed by atoms with Crippen LogP contribution in [-0.4, -0.2) is 25.2 Å². The molecule has 1 saturated heterocycles. The molecule has 0 bridgehead atoms. The van der Waals surface area contributed by atoms with Crippen molar-refractivity contribution in [2.24, 2.45) is 5.41 Å². The predicted octanol–water partition coefficient (Wildman–Crippen LogP) is 4.91. The minimum absolute atomic E-state index is 0.175. The molecular formula is C22H24ClNO3S. The number of carbonyl (C=O) groups is 1. The Morgan fingerprint density at radius 3 is 2.18 bits per heavy atom. The van der Waals surface area contributed by atoms with Crippen LogP contribution in [0.1, 0.15) is 49.1 Å². The van der Waals surface area contributed by atoms with E-state index in [2.05, 4.69) is 0 Å². The van der Waals surface area contributed by atoms with Crippen LogP contribution in [0.25, 0.3) is 0 Å². The number of aryl methyl sites for hydroxylation is 1. The Hall–Kier alpha value is -1.85. The standard InChI is InChI=1S/C22H24ClNO3S/c1-16-5-11-19(12-6-16)28(26,27)24-15-22(13-3-2-4-14-22)20(21(24)25)17-7-9-18(23)10-8-17/h5-12,20H,2-4,13-15H2,1H3/t20-/m1/s1. The second-order valence-corrected chi connectivity index (χ2v) is 10.4. The molecule has 2 fully saturated rings. The Morgan fingerprint density at radius 1 is 0.964 bits per heavy atom. The highest BCUT2D eigenvalue weighted by Crippen LogP contribution is 2.53. The molecule has 1 heterocycles. The predicted molar refractivity (Wildman–Crippen MR) is 110 cm³/mol. The van der Waals surface area contributed by atoms with Crippen molar-refractivity contribution in [3.63, 3.8) is 0 Å². The van der Waals surface area contributed by atoms with Crippen molar-refractivity contribution in [1.29, 1.82) is 0 Å². The molecule has 2 aromatic rings. The van der Waals surface area contributed by atoms with E-state index < -0.39 is 15.9 Å². The van der Waals surface area contributed by atoms with Gasteiger partial charge in [-0.2, -0.15) is 0 Å². The Labute approximate surface area is 171 Å². The summed E-state index contributed by atoms with van der Waals surface area (Å²) in [6.07, 6.45) is 4.91. The van der Waals surface area contributed by atoms with Gasteiger partial charge in [-0.1, -0.05) is 60.7 Å². The fraction of sp³-hybridized carbons (Fsp3) is 0.409. The fourth-order valence-electron chi connectivity index (χ4n) is 4.76. The van der Waals surface area contributed by atoms with E-state index >= 15 is 0 Å². The first-order valence-electron chi connectivity index (χ1n) is 9.72. The van der Waals surface area contributed by atoms with Gasteiger partial charge >= 0.3 is 0 Å². The van der Waals surface area contributed by atoms with E-state index in [4.69, 9.17) is 11.6 Å². The second kappa shape index (κ2) is 7.20. The first-order chi connectivity index (χ1) is 13.3. The van der Waals surface area contributed by atoms with Gasteiger partial charge in [0.05, 0.1) is 10.8 Å². The third-order valence-corrected chi connectivity index (χ3v) is 8.23. The Morgan fingerprint density at radius 2 is 1.57 bits per heavy atom. The Kier molecular flexibility index (Phi) is 5.00. The maximum absolute atomic E-state index is 13.5. The lowest BCUT2D eigenvalue weighted by Crippen LogP contribution is -2.35. The number of amides is 1. The fourth-order valence-corrected chi connectivity index (χ4v) is 6.39. The zero-order valence-corrected chi connectivity index (χ0v) is 17.5. The molecule has 1 atom stereocenters. The van der Waals surface area contributed by atoms with Crippen molar-refractivity contribution in [2.75, 3.05) is 6.54 Å². The Balaban J connectivity index is 1.77. The van der Waals surface area contributed by atoms with Crippen molar-refractivity contribution in [3.05, 3.63) is 64.7 Å². The molecule has 4 rings (SSSR count). The second-order valence-electron chi connectivity index (χ2n) is 8.07. The van der Waals surface area contributed by atoms with Gasteiger partial charge < -0.3 is 0 Å². The van der Waals surface area contributed by atoms with Crippen LogP contribution >= 0.6 is 11.6 Å². The van der Waals surface area contributed by atoms with Gasteiger partial charge in [0.15, 0.2) is 0 Å². The highest BCUT2D eigenvalue weighted by Gasteiger charge is 2.56. The number of sulfonamides is 1. The quantitative estimate of drug-likeness (QED) is 0.712. The summed E-state index contributed by atoms with van der Waals surface area (Å²) in [6, 6.07) is 14.0. The molecule has 2 aromatic carbocycles. The van der Waals surface area contributed by atoms with Crippen LogP contribution in [0.15, 0.2) is 53.4 Å².